The quantitative estimate of drug-likeness (QED) is 0.591. The van der Waals surface area contributed by atoms with Crippen molar-refractivity contribution in [3.63, 3.8) is 0 Å². The van der Waals surface area contributed by atoms with Gasteiger partial charge in [-0.15, -0.1) is 0 Å². The molecule has 1 amide bonds. The summed E-state index contributed by atoms with van der Waals surface area (Å²) in [7, 11) is 0. The molecular formula is C18H18Cl2N2O3. The average molecular weight is 381 g/mol. The SMILES string of the molecule is CC(C)c1ccc(NC(=O)COC(=O)c2cc(Cl)cc(Cl)c2N)cc1. The standard InChI is InChI=1S/C18H18Cl2N2O3/c1-10(2)11-3-5-13(6-4-11)22-16(23)9-25-18(24)14-7-12(19)8-15(20)17(14)21/h3-8,10H,9,21H2,1-2H3,(H,22,23). The first kappa shape index (κ1) is 19.1. The summed E-state index contributed by atoms with van der Waals surface area (Å²) >= 11 is 11.7. The fourth-order valence-electron chi connectivity index (χ4n) is 2.11. The largest absolute Gasteiger partial charge is 0.452 e. The maximum atomic E-state index is 12.0. The fraction of sp³-hybridized carbons (Fsp3) is 0.222. The van der Waals surface area contributed by atoms with Gasteiger partial charge in [-0.2, -0.15) is 0 Å². The smallest absolute Gasteiger partial charge is 0.340 e. The van der Waals surface area contributed by atoms with Crippen molar-refractivity contribution in [2.45, 2.75) is 19.8 Å². The van der Waals surface area contributed by atoms with E-state index in [1.807, 2.05) is 12.1 Å². The van der Waals surface area contributed by atoms with Gasteiger partial charge in [0.2, 0.25) is 0 Å². The Kier molecular flexibility index (Phi) is 6.28. The lowest BCUT2D eigenvalue weighted by molar-refractivity contribution is -0.119. The van der Waals surface area contributed by atoms with Crippen LogP contribution in [0.2, 0.25) is 10.0 Å². The van der Waals surface area contributed by atoms with Gasteiger partial charge < -0.3 is 15.8 Å². The number of hydrogen-bond acceptors (Lipinski definition) is 4. The van der Waals surface area contributed by atoms with Crippen molar-refractivity contribution in [1.82, 2.24) is 0 Å². The number of nitrogens with one attached hydrogen (secondary N) is 1. The summed E-state index contributed by atoms with van der Waals surface area (Å²) < 4.78 is 4.97. The van der Waals surface area contributed by atoms with Gasteiger partial charge in [-0.1, -0.05) is 49.2 Å². The molecule has 0 spiro atoms. The molecule has 0 aliphatic carbocycles. The fourth-order valence-corrected chi connectivity index (χ4v) is 2.60. The molecular weight excluding hydrogens is 363 g/mol. The molecule has 2 rings (SSSR count). The molecule has 0 saturated carbocycles. The van der Waals surface area contributed by atoms with E-state index < -0.39 is 18.5 Å². The van der Waals surface area contributed by atoms with Crippen LogP contribution in [0.1, 0.15) is 35.7 Å². The van der Waals surface area contributed by atoms with Gasteiger partial charge in [-0.05, 0) is 35.7 Å². The number of rotatable bonds is 5. The van der Waals surface area contributed by atoms with Gasteiger partial charge in [0.25, 0.3) is 5.91 Å². The van der Waals surface area contributed by atoms with Gasteiger partial charge in [0.05, 0.1) is 16.3 Å². The lowest BCUT2D eigenvalue weighted by atomic mass is 10.0. The van der Waals surface area contributed by atoms with Gasteiger partial charge in [-0.25, -0.2) is 4.79 Å². The van der Waals surface area contributed by atoms with Crippen molar-refractivity contribution in [1.29, 1.82) is 0 Å². The minimum absolute atomic E-state index is 0.0200. The first-order chi connectivity index (χ1) is 11.8. The van der Waals surface area contributed by atoms with Gasteiger partial charge in [0, 0.05) is 10.7 Å². The Balaban J connectivity index is 1.94. The van der Waals surface area contributed by atoms with Crippen LogP contribution in [0, 0.1) is 0 Å². The number of nitrogens with two attached hydrogens (primary N) is 1. The van der Waals surface area contributed by atoms with Crippen LogP contribution in [0.25, 0.3) is 0 Å². The maximum absolute atomic E-state index is 12.0. The molecule has 0 heterocycles. The summed E-state index contributed by atoms with van der Waals surface area (Å²) in [5.41, 5.74) is 7.59. The monoisotopic (exact) mass is 380 g/mol. The molecule has 7 heteroatoms. The molecule has 3 N–H and O–H groups in total. The Bertz CT molecular complexity index is 790. The predicted octanol–water partition coefficient (Wildman–Crippen LogP) is 4.49. The molecule has 0 aliphatic rings. The highest BCUT2D eigenvalue weighted by Crippen LogP contribution is 2.28. The first-order valence-corrected chi connectivity index (χ1v) is 8.35. The minimum Gasteiger partial charge on any atom is -0.452 e. The molecule has 0 aromatic heterocycles. The van der Waals surface area contributed by atoms with E-state index in [4.69, 9.17) is 33.7 Å². The van der Waals surface area contributed by atoms with Crippen molar-refractivity contribution < 1.29 is 14.3 Å². The summed E-state index contributed by atoms with van der Waals surface area (Å²) in [4.78, 5) is 24.0. The number of halogens is 2. The molecule has 0 unspecified atom stereocenters. The lowest BCUT2D eigenvalue weighted by Gasteiger charge is -2.10. The zero-order chi connectivity index (χ0) is 18.6. The summed E-state index contributed by atoms with van der Waals surface area (Å²) in [6.45, 7) is 3.72. The summed E-state index contributed by atoms with van der Waals surface area (Å²) in [5, 5.41) is 3.05. The van der Waals surface area contributed by atoms with Crippen molar-refractivity contribution in [2.75, 3.05) is 17.7 Å². The molecule has 0 aliphatic heterocycles. The lowest BCUT2D eigenvalue weighted by Crippen LogP contribution is -2.21. The number of carbonyl (C=O) groups is 2. The number of nitrogen functional groups attached to an aromatic ring is 1. The Labute approximate surface area is 156 Å². The number of anilines is 2. The zero-order valence-corrected chi connectivity index (χ0v) is 15.3. The molecule has 0 saturated heterocycles. The van der Waals surface area contributed by atoms with E-state index in [1.54, 1.807) is 12.1 Å². The Morgan fingerprint density at radius 2 is 1.80 bits per heavy atom. The van der Waals surface area contributed by atoms with Crippen LogP contribution >= 0.6 is 23.2 Å². The number of ether oxygens (including phenoxy) is 1. The molecule has 132 valence electrons. The molecule has 2 aromatic carbocycles. The number of amides is 1. The molecule has 5 nitrogen and oxygen atoms in total. The molecule has 2 aromatic rings. The average Bonchev–Trinajstić information content (AvgIpc) is 2.56. The van der Waals surface area contributed by atoms with E-state index >= 15 is 0 Å². The summed E-state index contributed by atoms with van der Waals surface area (Å²) in [6.07, 6.45) is 0. The second-order valence-electron chi connectivity index (χ2n) is 5.75. The molecule has 0 radical (unpaired) electrons. The van der Waals surface area contributed by atoms with Gasteiger partial charge in [0.15, 0.2) is 6.61 Å². The van der Waals surface area contributed by atoms with Gasteiger partial charge in [-0.3, -0.25) is 4.79 Å². The third kappa shape index (κ3) is 5.11. The van der Waals surface area contributed by atoms with E-state index in [0.717, 1.165) is 5.56 Å². The van der Waals surface area contributed by atoms with Gasteiger partial charge in [0.1, 0.15) is 0 Å². The zero-order valence-electron chi connectivity index (χ0n) is 13.8. The molecule has 25 heavy (non-hydrogen) atoms. The van der Waals surface area contributed by atoms with Gasteiger partial charge >= 0.3 is 5.97 Å². The highest BCUT2D eigenvalue weighted by atomic mass is 35.5. The van der Waals surface area contributed by atoms with Crippen LogP contribution in [0.4, 0.5) is 11.4 Å². The predicted molar refractivity (Wildman–Crippen MR) is 100 cm³/mol. The van der Waals surface area contributed by atoms with E-state index in [1.165, 1.54) is 12.1 Å². The number of carbonyl (C=O) groups excluding carboxylic acids is 2. The van der Waals surface area contributed by atoms with Crippen molar-refractivity contribution in [2.24, 2.45) is 0 Å². The van der Waals surface area contributed by atoms with E-state index in [2.05, 4.69) is 19.2 Å². The molecule has 0 fully saturated rings. The third-order valence-electron chi connectivity index (χ3n) is 3.51. The van der Waals surface area contributed by atoms with Crippen molar-refractivity contribution in [3.05, 3.63) is 57.6 Å². The Morgan fingerprint density at radius 3 is 2.40 bits per heavy atom. The van der Waals surface area contributed by atoms with Crippen LogP contribution < -0.4 is 11.1 Å². The van der Waals surface area contributed by atoms with Crippen LogP contribution in [0.15, 0.2) is 36.4 Å². The minimum atomic E-state index is -0.771. The van der Waals surface area contributed by atoms with E-state index in [0.29, 0.717) is 11.6 Å². The third-order valence-corrected chi connectivity index (χ3v) is 4.04. The topological polar surface area (TPSA) is 81.4 Å². The normalized spacial score (nSPS) is 10.6. The Hall–Kier alpha value is -2.24. The van der Waals surface area contributed by atoms with Crippen LogP contribution in [0.5, 0.6) is 0 Å². The second kappa shape index (κ2) is 8.23. The van der Waals surface area contributed by atoms with Crippen LogP contribution in [0.3, 0.4) is 0 Å². The van der Waals surface area contributed by atoms with Crippen molar-refractivity contribution in [3.8, 4) is 0 Å². The molecule has 0 atom stereocenters. The number of benzene rings is 2. The summed E-state index contributed by atoms with van der Waals surface area (Å²) in [5.74, 6) is -0.828. The van der Waals surface area contributed by atoms with E-state index in [9.17, 15) is 9.59 Å². The summed E-state index contributed by atoms with van der Waals surface area (Å²) in [6, 6.07) is 10.2. The highest BCUT2D eigenvalue weighted by molar-refractivity contribution is 6.37. The molecule has 0 bridgehead atoms. The van der Waals surface area contributed by atoms with E-state index in [-0.39, 0.29) is 21.3 Å². The highest BCUT2D eigenvalue weighted by Gasteiger charge is 2.16. The maximum Gasteiger partial charge on any atom is 0.340 e. The van der Waals surface area contributed by atoms with Crippen molar-refractivity contribution >= 4 is 46.5 Å². The number of hydrogen-bond donors (Lipinski definition) is 2. The number of esters is 1. The van der Waals surface area contributed by atoms with Crippen LogP contribution in [-0.2, 0) is 9.53 Å². The second-order valence-corrected chi connectivity index (χ2v) is 6.59. The first-order valence-electron chi connectivity index (χ1n) is 7.59. The van der Waals surface area contributed by atoms with Crippen LogP contribution in [-0.4, -0.2) is 18.5 Å². The Morgan fingerprint density at radius 1 is 1.16 bits per heavy atom.